The molecule has 0 amide bonds. The molecule has 0 unspecified atom stereocenters. The molecule has 56 heavy (non-hydrogen) atoms. The van der Waals surface area contributed by atoms with E-state index in [0.717, 1.165) is 72.2 Å². The topological polar surface area (TPSA) is 101 Å². The predicted octanol–water partition coefficient (Wildman–Crippen LogP) is 12.2. The van der Waals surface area contributed by atoms with E-state index in [2.05, 4.69) is 63.7 Å². The van der Waals surface area contributed by atoms with Crippen molar-refractivity contribution in [2.75, 3.05) is 0 Å². The fourth-order valence-electron chi connectivity index (χ4n) is 7.46. The van der Waals surface area contributed by atoms with E-state index in [4.69, 9.17) is 23.4 Å². The van der Waals surface area contributed by atoms with E-state index < -0.39 is 29.1 Å². The Morgan fingerprint density at radius 3 is 1.48 bits per heavy atom. The quantitative estimate of drug-likeness (QED) is 0.0801. The van der Waals surface area contributed by atoms with Gasteiger partial charge in [-0.25, -0.2) is 9.59 Å². The van der Waals surface area contributed by atoms with Crippen molar-refractivity contribution in [1.29, 1.82) is 0 Å². The Morgan fingerprint density at radius 2 is 1.00 bits per heavy atom. The normalized spacial score (nSPS) is 17.9. The van der Waals surface area contributed by atoms with Crippen LogP contribution < -0.4 is 4.74 Å². The Bertz CT molecular complexity index is 2160. The highest BCUT2D eigenvalue weighted by molar-refractivity contribution is 9.11. The van der Waals surface area contributed by atoms with Gasteiger partial charge in [0.25, 0.3) is 5.95 Å². The van der Waals surface area contributed by atoms with E-state index in [-0.39, 0.29) is 55.3 Å². The van der Waals surface area contributed by atoms with Crippen molar-refractivity contribution in [2.24, 2.45) is 11.8 Å². The van der Waals surface area contributed by atoms with Crippen LogP contribution in [-0.4, -0.2) is 17.9 Å². The number of carbonyl (C=O) groups is 3. The van der Waals surface area contributed by atoms with Gasteiger partial charge in [0.05, 0.1) is 5.56 Å². The van der Waals surface area contributed by atoms with E-state index >= 15 is 0 Å². The van der Waals surface area contributed by atoms with Gasteiger partial charge in [-0.2, -0.15) is 0 Å². The minimum absolute atomic E-state index is 0.0175. The van der Waals surface area contributed by atoms with E-state index in [9.17, 15) is 14.4 Å². The Kier molecular flexibility index (Phi) is 13.2. The van der Waals surface area contributed by atoms with Crippen LogP contribution in [0.1, 0.15) is 87.3 Å². The molecule has 2 fully saturated rings. The highest BCUT2D eigenvalue weighted by atomic mass is 79.9. The minimum atomic E-state index is -1.34. The zero-order valence-corrected chi connectivity index (χ0v) is 36.6. The molecule has 4 aromatic carbocycles. The van der Waals surface area contributed by atoms with Gasteiger partial charge >= 0.3 is 17.9 Å². The third-order valence-electron chi connectivity index (χ3n) is 10.4. The first kappa shape index (κ1) is 40.5. The molecule has 0 spiro atoms. The van der Waals surface area contributed by atoms with Gasteiger partial charge in [-0.3, -0.25) is 4.79 Å². The second-order valence-electron chi connectivity index (χ2n) is 14.2. The Labute approximate surface area is 359 Å². The Balaban J connectivity index is 1.32. The Morgan fingerprint density at radius 1 is 0.571 bits per heavy atom. The van der Waals surface area contributed by atoms with Crippen molar-refractivity contribution >= 4 is 81.6 Å². The second kappa shape index (κ2) is 18.3. The smallest absolute Gasteiger partial charge is 0.375 e. The lowest BCUT2D eigenvalue weighted by Crippen LogP contribution is -2.31. The number of benzene rings is 4. The summed E-state index contributed by atoms with van der Waals surface area (Å²) < 4.78 is 34.1. The standard InChI is InChI=1S/C44H38Br4O8/c45-32-14-6-27(7-15-32)23-52-40(49)37-38(44(22-36(44)31-4-2-1-3-5-31)43(51)55-26-30-12-20-35(48)21-13-30)42(54-25-29-10-18-34(47)19-11-29)56-39(37)41(50)53-24-28-8-16-33(46)17-9-28/h6-21,31,36H,1-5,22-26H2/t36-,44-/m0/s1. The van der Waals surface area contributed by atoms with Crippen molar-refractivity contribution in [2.45, 2.75) is 70.4 Å². The maximum Gasteiger partial charge on any atom is 0.375 e. The molecule has 5 aromatic rings. The molecule has 8 nitrogen and oxygen atoms in total. The highest BCUT2D eigenvalue weighted by Gasteiger charge is 2.68. The van der Waals surface area contributed by atoms with Gasteiger partial charge in [0, 0.05) is 17.9 Å². The van der Waals surface area contributed by atoms with Gasteiger partial charge in [0.15, 0.2) is 0 Å². The van der Waals surface area contributed by atoms with Crippen LogP contribution in [0.2, 0.25) is 0 Å². The van der Waals surface area contributed by atoms with Crippen LogP contribution in [0.4, 0.5) is 0 Å². The largest absolute Gasteiger partial charge is 0.460 e. The molecule has 290 valence electrons. The van der Waals surface area contributed by atoms with Gasteiger partial charge in [0.2, 0.25) is 5.76 Å². The second-order valence-corrected chi connectivity index (χ2v) is 17.8. The van der Waals surface area contributed by atoms with E-state index in [1.165, 1.54) is 0 Å². The molecular weight excluding hydrogens is 976 g/mol. The molecule has 0 saturated heterocycles. The molecule has 0 N–H and O–H groups in total. The molecule has 7 rings (SSSR count). The number of carbonyl (C=O) groups excluding carboxylic acids is 3. The molecule has 2 atom stereocenters. The summed E-state index contributed by atoms with van der Waals surface area (Å²) in [5.41, 5.74) is 1.71. The molecule has 0 bridgehead atoms. The Hall–Kier alpha value is -3.71. The number of esters is 3. The first-order chi connectivity index (χ1) is 27.1. The molecule has 2 aliphatic rings. The van der Waals surface area contributed by atoms with Crippen molar-refractivity contribution in [3.05, 3.63) is 154 Å². The molecule has 1 heterocycles. The third-order valence-corrected chi connectivity index (χ3v) is 12.6. The highest BCUT2D eigenvalue weighted by Crippen LogP contribution is 2.64. The molecule has 2 aliphatic carbocycles. The number of halogens is 4. The van der Waals surface area contributed by atoms with Gasteiger partial charge in [-0.15, -0.1) is 0 Å². The van der Waals surface area contributed by atoms with Gasteiger partial charge in [0.1, 0.15) is 37.4 Å². The lowest BCUT2D eigenvalue weighted by Gasteiger charge is -2.25. The fraction of sp³-hybridized carbons (Fsp3) is 0.295. The first-order valence-corrected chi connectivity index (χ1v) is 21.6. The molecular formula is C44H38Br4O8. The molecule has 2 saturated carbocycles. The number of hydrogen-bond acceptors (Lipinski definition) is 8. The van der Waals surface area contributed by atoms with E-state index in [1.54, 1.807) is 0 Å². The van der Waals surface area contributed by atoms with E-state index in [1.807, 2.05) is 97.1 Å². The number of furan rings is 1. The van der Waals surface area contributed by atoms with Crippen molar-refractivity contribution in [3.8, 4) is 5.95 Å². The number of rotatable bonds is 14. The van der Waals surface area contributed by atoms with Gasteiger partial charge < -0.3 is 23.4 Å². The van der Waals surface area contributed by atoms with Crippen molar-refractivity contribution in [1.82, 2.24) is 0 Å². The summed E-state index contributed by atoms with van der Waals surface area (Å²) in [6, 6.07) is 29.8. The van der Waals surface area contributed by atoms with Crippen LogP contribution in [0.5, 0.6) is 5.95 Å². The summed E-state index contributed by atoms with van der Waals surface area (Å²) >= 11 is 13.8. The molecule has 0 aliphatic heterocycles. The molecule has 0 radical (unpaired) electrons. The third kappa shape index (κ3) is 9.52. The zero-order chi connectivity index (χ0) is 39.2. The average Bonchev–Trinajstić information content (AvgIpc) is 3.85. The van der Waals surface area contributed by atoms with Crippen molar-refractivity contribution < 1.29 is 37.7 Å². The van der Waals surface area contributed by atoms with Crippen LogP contribution in [-0.2, 0) is 50.8 Å². The maximum atomic E-state index is 14.8. The number of ether oxygens (including phenoxy) is 4. The summed E-state index contributed by atoms with van der Waals surface area (Å²) in [6.45, 7) is -0.127. The minimum Gasteiger partial charge on any atom is -0.460 e. The maximum absolute atomic E-state index is 14.8. The number of hydrogen-bond donors (Lipinski definition) is 0. The summed E-state index contributed by atoms with van der Waals surface area (Å²) in [7, 11) is 0. The summed E-state index contributed by atoms with van der Waals surface area (Å²) in [6.07, 6.45) is 5.47. The SMILES string of the molecule is O=C(OCc1ccc(Br)cc1)c1oc(OCc2ccc(Br)cc2)c([C@]2(C(=O)OCc3ccc(Br)cc3)C[C@H]2C2CCCCC2)c1C(=O)OCc1ccc(Br)cc1. The summed E-state index contributed by atoms with van der Waals surface area (Å²) in [5, 5.41) is 0. The fourth-order valence-corrected chi connectivity index (χ4v) is 8.52. The lowest BCUT2D eigenvalue weighted by atomic mass is 9.80. The average molecular weight is 1010 g/mol. The first-order valence-electron chi connectivity index (χ1n) is 18.4. The van der Waals surface area contributed by atoms with Gasteiger partial charge in [-0.05, 0) is 89.0 Å². The molecule has 12 heteroatoms. The van der Waals surface area contributed by atoms with Gasteiger partial charge in [-0.1, -0.05) is 144 Å². The predicted molar refractivity (Wildman–Crippen MR) is 224 cm³/mol. The summed E-state index contributed by atoms with van der Waals surface area (Å²) in [5.74, 6) is -2.74. The van der Waals surface area contributed by atoms with Crippen LogP contribution in [0.15, 0.2) is 119 Å². The van der Waals surface area contributed by atoms with Crippen LogP contribution in [0, 0.1) is 11.8 Å². The lowest BCUT2D eigenvalue weighted by molar-refractivity contribution is -0.149. The van der Waals surface area contributed by atoms with Crippen LogP contribution in [0.25, 0.3) is 0 Å². The summed E-state index contributed by atoms with van der Waals surface area (Å²) in [4.78, 5) is 43.4. The van der Waals surface area contributed by atoms with Crippen LogP contribution in [0.3, 0.4) is 0 Å². The zero-order valence-electron chi connectivity index (χ0n) is 30.2. The van der Waals surface area contributed by atoms with Crippen molar-refractivity contribution in [3.63, 3.8) is 0 Å². The van der Waals surface area contributed by atoms with E-state index in [0.29, 0.717) is 6.42 Å². The van der Waals surface area contributed by atoms with Crippen LogP contribution >= 0.6 is 63.7 Å². The monoisotopic (exact) mass is 1010 g/mol. The molecule has 1 aromatic heterocycles.